The van der Waals surface area contributed by atoms with Crippen molar-refractivity contribution in [3.63, 3.8) is 0 Å². The van der Waals surface area contributed by atoms with Crippen LogP contribution in [0.15, 0.2) is 24.3 Å². The third kappa shape index (κ3) is 2.68. The molecule has 1 unspecified atom stereocenters. The van der Waals surface area contributed by atoms with Crippen LogP contribution in [0.2, 0.25) is 0 Å². The van der Waals surface area contributed by atoms with Crippen molar-refractivity contribution in [2.75, 3.05) is 7.05 Å². The van der Waals surface area contributed by atoms with Gasteiger partial charge in [0, 0.05) is 0 Å². The molecule has 1 atom stereocenters. The molecule has 1 heterocycles. The Kier molecular flexibility index (Phi) is 4.32. The molecule has 1 N–H and O–H groups in total. The Morgan fingerprint density at radius 1 is 1.32 bits per heavy atom. The third-order valence-electron chi connectivity index (χ3n) is 3.51. The molecule has 0 spiro atoms. The van der Waals surface area contributed by atoms with Crippen LogP contribution >= 0.6 is 0 Å². The van der Waals surface area contributed by atoms with E-state index in [-0.39, 0.29) is 6.04 Å². The van der Waals surface area contributed by atoms with E-state index in [2.05, 4.69) is 60.7 Å². The van der Waals surface area contributed by atoms with Crippen LogP contribution in [-0.2, 0) is 6.42 Å². The minimum absolute atomic E-state index is 0.215. The molecule has 4 nitrogen and oxygen atoms in total. The molecule has 0 aliphatic heterocycles. The van der Waals surface area contributed by atoms with Crippen LogP contribution < -0.4 is 5.32 Å². The molecule has 4 heteroatoms. The summed E-state index contributed by atoms with van der Waals surface area (Å²) in [5.74, 6) is 0. The van der Waals surface area contributed by atoms with E-state index in [1.807, 2.05) is 11.7 Å². The summed E-state index contributed by atoms with van der Waals surface area (Å²) in [6.45, 7) is 6.37. The highest BCUT2D eigenvalue weighted by molar-refractivity contribution is 5.42. The third-order valence-corrected chi connectivity index (χ3v) is 3.51. The van der Waals surface area contributed by atoms with E-state index in [9.17, 15) is 0 Å². The van der Waals surface area contributed by atoms with Gasteiger partial charge >= 0.3 is 0 Å². The number of rotatable bonds is 5. The quantitative estimate of drug-likeness (QED) is 0.896. The van der Waals surface area contributed by atoms with E-state index in [0.29, 0.717) is 0 Å². The van der Waals surface area contributed by atoms with Crippen molar-refractivity contribution in [1.29, 1.82) is 0 Å². The van der Waals surface area contributed by atoms with E-state index in [4.69, 9.17) is 0 Å². The average molecular weight is 258 g/mol. The molecule has 0 bridgehead atoms. The van der Waals surface area contributed by atoms with Crippen LogP contribution in [0.1, 0.15) is 43.3 Å². The van der Waals surface area contributed by atoms with Gasteiger partial charge < -0.3 is 5.32 Å². The number of benzene rings is 1. The van der Waals surface area contributed by atoms with Crippen molar-refractivity contribution in [1.82, 2.24) is 20.3 Å². The first-order chi connectivity index (χ1) is 9.19. The molecular formula is C15H22N4. The highest BCUT2D eigenvalue weighted by Gasteiger charge is 2.16. The molecular weight excluding hydrogens is 236 g/mol. The zero-order valence-electron chi connectivity index (χ0n) is 12.1. The average Bonchev–Trinajstić information content (AvgIpc) is 2.81. The minimum Gasteiger partial charge on any atom is -0.312 e. The van der Waals surface area contributed by atoms with Gasteiger partial charge in [0.05, 0.1) is 17.4 Å². The maximum absolute atomic E-state index is 4.32. The summed E-state index contributed by atoms with van der Waals surface area (Å²) < 4.78 is 1.95. The van der Waals surface area contributed by atoms with Crippen molar-refractivity contribution in [2.24, 2.45) is 0 Å². The molecule has 102 valence electrons. The highest BCUT2D eigenvalue weighted by Crippen LogP contribution is 2.20. The topological polar surface area (TPSA) is 42.7 Å². The summed E-state index contributed by atoms with van der Waals surface area (Å²) in [6.07, 6.45) is 2.19. The van der Waals surface area contributed by atoms with Crippen LogP contribution in [0.25, 0.3) is 5.69 Å². The van der Waals surface area contributed by atoms with Crippen LogP contribution in [-0.4, -0.2) is 22.0 Å². The molecule has 1 aromatic carbocycles. The van der Waals surface area contributed by atoms with Gasteiger partial charge in [-0.2, -0.15) is 0 Å². The van der Waals surface area contributed by atoms with Crippen molar-refractivity contribution in [2.45, 2.75) is 39.7 Å². The summed E-state index contributed by atoms with van der Waals surface area (Å²) in [4.78, 5) is 0. The molecule has 2 aromatic rings. The van der Waals surface area contributed by atoms with E-state index in [0.717, 1.165) is 29.9 Å². The normalized spacial score (nSPS) is 12.6. The van der Waals surface area contributed by atoms with Crippen LogP contribution in [0.4, 0.5) is 0 Å². The van der Waals surface area contributed by atoms with E-state index in [1.165, 1.54) is 5.56 Å². The molecule has 0 radical (unpaired) electrons. The van der Waals surface area contributed by atoms with Gasteiger partial charge in [0.1, 0.15) is 5.69 Å². The lowest BCUT2D eigenvalue weighted by atomic mass is 10.1. The predicted octanol–water partition coefficient (Wildman–Crippen LogP) is 2.81. The molecule has 0 fully saturated rings. The summed E-state index contributed by atoms with van der Waals surface area (Å²) in [6, 6.07) is 8.63. The highest BCUT2D eigenvalue weighted by atomic mass is 15.4. The van der Waals surface area contributed by atoms with Crippen molar-refractivity contribution in [3.8, 4) is 5.69 Å². The number of para-hydroxylation sites is 1. The summed E-state index contributed by atoms with van der Waals surface area (Å²) in [5.41, 5.74) is 4.57. The lowest BCUT2D eigenvalue weighted by molar-refractivity contribution is 0.627. The first-order valence-corrected chi connectivity index (χ1v) is 6.86. The fourth-order valence-electron chi connectivity index (χ4n) is 2.30. The Bertz CT molecular complexity index is 545. The Balaban J connectivity index is 2.45. The number of hydrogen-bond acceptors (Lipinski definition) is 3. The summed E-state index contributed by atoms with van der Waals surface area (Å²) in [7, 11) is 1.94. The van der Waals surface area contributed by atoms with Crippen molar-refractivity contribution in [3.05, 3.63) is 41.2 Å². The van der Waals surface area contributed by atoms with E-state index >= 15 is 0 Å². The smallest absolute Gasteiger partial charge is 0.103 e. The number of aromatic nitrogens is 3. The Hall–Kier alpha value is -1.68. The van der Waals surface area contributed by atoms with E-state index in [1.54, 1.807) is 0 Å². The molecule has 0 saturated carbocycles. The largest absolute Gasteiger partial charge is 0.312 e. The fraction of sp³-hybridized carbons (Fsp3) is 0.467. The minimum atomic E-state index is 0.215. The van der Waals surface area contributed by atoms with Crippen molar-refractivity contribution < 1.29 is 0 Å². The second kappa shape index (κ2) is 5.97. The first kappa shape index (κ1) is 13.7. The predicted molar refractivity (Wildman–Crippen MR) is 77.6 cm³/mol. The van der Waals surface area contributed by atoms with Gasteiger partial charge in [-0.05, 0) is 38.9 Å². The second-order valence-corrected chi connectivity index (χ2v) is 4.86. The van der Waals surface area contributed by atoms with Gasteiger partial charge in [0.2, 0.25) is 0 Å². The Morgan fingerprint density at radius 2 is 2.05 bits per heavy atom. The first-order valence-electron chi connectivity index (χ1n) is 6.86. The Morgan fingerprint density at radius 3 is 2.74 bits per heavy atom. The van der Waals surface area contributed by atoms with Gasteiger partial charge in [0.15, 0.2) is 0 Å². The Labute approximate surface area is 114 Å². The molecule has 19 heavy (non-hydrogen) atoms. The lowest BCUT2D eigenvalue weighted by Crippen LogP contribution is -2.14. The van der Waals surface area contributed by atoms with Gasteiger partial charge in [-0.3, -0.25) is 0 Å². The second-order valence-electron chi connectivity index (χ2n) is 4.86. The van der Waals surface area contributed by atoms with Crippen LogP contribution in [0, 0.1) is 6.92 Å². The molecule has 0 aliphatic carbocycles. The zero-order valence-corrected chi connectivity index (χ0v) is 12.1. The molecule has 1 aromatic heterocycles. The van der Waals surface area contributed by atoms with E-state index < -0.39 is 0 Å². The zero-order chi connectivity index (χ0) is 13.8. The van der Waals surface area contributed by atoms with Gasteiger partial charge in [0.25, 0.3) is 0 Å². The van der Waals surface area contributed by atoms with Gasteiger partial charge in [-0.15, -0.1) is 5.10 Å². The monoisotopic (exact) mass is 258 g/mol. The SMILES string of the molecule is CCCc1ccccc1-n1nnc(C(C)NC)c1C. The van der Waals surface area contributed by atoms with Crippen LogP contribution in [0.5, 0.6) is 0 Å². The molecule has 0 saturated heterocycles. The number of nitrogens with one attached hydrogen (secondary N) is 1. The number of nitrogens with zero attached hydrogens (tertiary/aromatic N) is 3. The maximum atomic E-state index is 4.32. The van der Waals surface area contributed by atoms with Gasteiger partial charge in [-0.1, -0.05) is 36.8 Å². The van der Waals surface area contributed by atoms with Crippen molar-refractivity contribution >= 4 is 0 Å². The number of aryl methyl sites for hydroxylation is 1. The molecule has 2 rings (SSSR count). The number of hydrogen-bond donors (Lipinski definition) is 1. The molecule has 0 aliphatic rings. The molecule has 0 amide bonds. The summed E-state index contributed by atoms with van der Waals surface area (Å²) in [5, 5.41) is 11.8. The maximum Gasteiger partial charge on any atom is 0.103 e. The fourth-order valence-corrected chi connectivity index (χ4v) is 2.30. The lowest BCUT2D eigenvalue weighted by Gasteiger charge is -2.11. The standard InChI is InChI=1S/C15H22N4/c1-5-8-13-9-6-7-10-14(13)19-12(3)15(17-18-19)11(2)16-4/h6-7,9-11,16H,5,8H2,1-4H3. The summed E-state index contributed by atoms with van der Waals surface area (Å²) >= 11 is 0. The van der Waals surface area contributed by atoms with Crippen LogP contribution in [0.3, 0.4) is 0 Å². The van der Waals surface area contributed by atoms with Gasteiger partial charge in [-0.25, -0.2) is 4.68 Å².